The second-order valence-corrected chi connectivity index (χ2v) is 4.36. The fourth-order valence-corrected chi connectivity index (χ4v) is 1.91. The number of amides is 3. The minimum atomic E-state index is -0.477. The Morgan fingerprint density at radius 3 is 2.84 bits per heavy atom. The van der Waals surface area contributed by atoms with E-state index in [1.165, 1.54) is 0 Å². The summed E-state index contributed by atoms with van der Waals surface area (Å²) in [5, 5.41) is 7.81. The first-order valence-electron chi connectivity index (χ1n) is 5.79. The molecule has 2 aliphatic heterocycles. The minimum absolute atomic E-state index is 0.00713. The fraction of sp³-hybridized carbons (Fsp3) is 0.250. The van der Waals surface area contributed by atoms with E-state index in [4.69, 9.17) is 4.74 Å². The molecule has 1 saturated heterocycles. The lowest BCUT2D eigenvalue weighted by molar-refractivity contribution is -0.134. The van der Waals surface area contributed by atoms with Gasteiger partial charge in [-0.1, -0.05) is 0 Å². The average molecular weight is 261 g/mol. The van der Waals surface area contributed by atoms with E-state index < -0.39 is 6.04 Å². The van der Waals surface area contributed by atoms with Gasteiger partial charge in [-0.15, -0.1) is 0 Å². The molecule has 7 nitrogen and oxygen atoms in total. The molecule has 0 aliphatic carbocycles. The maximum absolute atomic E-state index is 11.7. The molecule has 19 heavy (non-hydrogen) atoms. The first kappa shape index (κ1) is 11.5. The largest absolute Gasteiger partial charge is 0.482 e. The van der Waals surface area contributed by atoms with Gasteiger partial charge in [0.1, 0.15) is 11.8 Å². The zero-order valence-electron chi connectivity index (χ0n) is 9.86. The molecule has 0 aromatic heterocycles. The molecule has 1 fully saturated rings. The van der Waals surface area contributed by atoms with E-state index in [0.29, 0.717) is 17.1 Å². The van der Waals surface area contributed by atoms with Crippen LogP contribution in [0.25, 0.3) is 0 Å². The van der Waals surface area contributed by atoms with Crippen molar-refractivity contribution in [2.24, 2.45) is 0 Å². The zero-order valence-corrected chi connectivity index (χ0v) is 9.86. The molecule has 98 valence electrons. The molecule has 1 aromatic carbocycles. The summed E-state index contributed by atoms with van der Waals surface area (Å²) >= 11 is 0. The van der Waals surface area contributed by atoms with Crippen molar-refractivity contribution in [1.29, 1.82) is 0 Å². The Balaban J connectivity index is 1.71. The highest BCUT2D eigenvalue weighted by Gasteiger charge is 2.31. The maximum atomic E-state index is 11.7. The minimum Gasteiger partial charge on any atom is -0.482 e. The Morgan fingerprint density at radius 2 is 2.11 bits per heavy atom. The third-order valence-corrected chi connectivity index (χ3v) is 2.92. The zero-order chi connectivity index (χ0) is 13.4. The SMILES string of the molecule is O=C1COc2ccc(NC(=O)[C@@H]3CC(=O)N3)cc2N1. The van der Waals surface area contributed by atoms with Crippen molar-refractivity contribution in [1.82, 2.24) is 5.32 Å². The molecule has 2 aliphatic rings. The van der Waals surface area contributed by atoms with Crippen LogP contribution in [0.4, 0.5) is 11.4 Å². The van der Waals surface area contributed by atoms with Gasteiger partial charge in [0.05, 0.1) is 12.1 Å². The number of anilines is 2. The number of rotatable bonds is 2. The van der Waals surface area contributed by atoms with Crippen LogP contribution in [0.2, 0.25) is 0 Å². The van der Waals surface area contributed by atoms with Gasteiger partial charge in [-0.25, -0.2) is 0 Å². The summed E-state index contributed by atoms with van der Waals surface area (Å²) in [7, 11) is 0. The third-order valence-electron chi connectivity index (χ3n) is 2.92. The van der Waals surface area contributed by atoms with Gasteiger partial charge in [-0.2, -0.15) is 0 Å². The number of β-lactam (4-membered cyclic amide) rings is 1. The maximum Gasteiger partial charge on any atom is 0.262 e. The van der Waals surface area contributed by atoms with Crippen LogP contribution in [-0.4, -0.2) is 30.4 Å². The lowest BCUT2D eigenvalue weighted by Gasteiger charge is -2.26. The Bertz CT molecular complexity index is 576. The highest BCUT2D eigenvalue weighted by molar-refractivity contribution is 6.04. The molecule has 7 heteroatoms. The molecule has 0 bridgehead atoms. The van der Waals surface area contributed by atoms with E-state index in [1.807, 2.05) is 0 Å². The summed E-state index contributed by atoms with van der Waals surface area (Å²) in [6.45, 7) is -0.00713. The van der Waals surface area contributed by atoms with Crippen molar-refractivity contribution < 1.29 is 19.1 Å². The molecule has 0 saturated carbocycles. The smallest absolute Gasteiger partial charge is 0.262 e. The molecule has 2 heterocycles. The van der Waals surface area contributed by atoms with Crippen molar-refractivity contribution in [3.63, 3.8) is 0 Å². The van der Waals surface area contributed by atoms with Crippen LogP contribution in [0.5, 0.6) is 5.75 Å². The second kappa shape index (κ2) is 4.27. The number of carbonyl (C=O) groups is 3. The molecule has 1 atom stereocenters. The molecule has 0 radical (unpaired) electrons. The van der Waals surface area contributed by atoms with Gasteiger partial charge in [-0.05, 0) is 18.2 Å². The van der Waals surface area contributed by atoms with E-state index in [0.717, 1.165) is 0 Å². The Hall–Kier alpha value is -2.57. The third kappa shape index (κ3) is 2.22. The van der Waals surface area contributed by atoms with Gasteiger partial charge in [0.2, 0.25) is 11.8 Å². The second-order valence-electron chi connectivity index (χ2n) is 4.36. The molecule has 0 unspecified atom stereocenters. The number of carbonyl (C=O) groups excluding carboxylic acids is 3. The van der Waals surface area contributed by atoms with Gasteiger partial charge in [0, 0.05) is 5.69 Å². The van der Waals surface area contributed by atoms with Gasteiger partial charge in [-0.3, -0.25) is 14.4 Å². The molecule has 3 amide bonds. The predicted molar refractivity (Wildman–Crippen MR) is 65.7 cm³/mol. The van der Waals surface area contributed by atoms with Gasteiger partial charge in [0.25, 0.3) is 5.91 Å². The first-order chi connectivity index (χ1) is 9.11. The summed E-state index contributed by atoms with van der Waals surface area (Å²) in [5.74, 6) is -0.0781. The summed E-state index contributed by atoms with van der Waals surface area (Å²) in [4.78, 5) is 33.7. The number of ether oxygens (including phenoxy) is 1. The van der Waals surface area contributed by atoms with E-state index >= 15 is 0 Å². The summed E-state index contributed by atoms with van der Waals surface area (Å²) in [6, 6.07) is 4.48. The number of fused-ring (bicyclic) bond motifs is 1. The summed E-state index contributed by atoms with van der Waals surface area (Å²) in [6.07, 6.45) is 0.205. The fourth-order valence-electron chi connectivity index (χ4n) is 1.91. The standard InChI is InChI=1S/C12H11N3O4/c16-10-4-8(15-10)12(18)13-6-1-2-9-7(3-6)14-11(17)5-19-9/h1-3,8H,4-5H2,(H,13,18)(H,14,17)(H,15,16)/t8-/m0/s1. The van der Waals surface area contributed by atoms with Crippen LogP contribution in [0, 0.1) is 0 Å². The van der Waals surface area contributed by atoms with Crippen LogP contribution < -0.4 is 20.7 Å². The number of hydrogen-bond acceptors (Lipinski definition) is 4. The Labute approximate surface area is 108 Å². The molecular weight excluding hydrogens is 250 g/mol. The van der Waals surface area contributed by atoms with Gasteiger partial charge < -0.3 is 20.7 Å². The number of benzene rings is 1. The van der Waals surface area contributed by atoms with Crippen molar-refractivity contribution in [2.75, 3.05) is 17.2 Å². The van der Waals surface area contributed by atoms with Crippen LogP contribution >= 0.6 is 0 Å². The lowest BCUT2D eigenvalue weighted by Crippen LogP contribution is -2.55. The summed E-state index contributed by atoms with van der Waals surface area (Å²) < 4.78 is 5.21. The topological polar surface area (TPSA) is 96.5 Å². The van der Waals surface area contributed by atoms with E-state index in [9.17, 15) is 14.4 Å². The summed E-state index contributed by atoms with van der Waals surface area (Å²) in [5.41, 5.74) is 1.06. The van der Waals surface area contributed by atoms with Crippen LogP contribution in [0.3, 0.4) is 0 Å². The Morgan fingerprint density at radius 1 is 1.32 bits per heavy atom. The Kier molecular flexibility index (Phi) is 2.59. The van der Waals surface area contributed by atoms with E-state index in [2.05, 4.69) is 16.0 Å². The van der Waals surface area contributed by atoms with E-state index in [-0.39, 0.29) is 30.7 Å². The number of nitrogens with one attached hydrogen (secondary N) is 3. The lowest BCUT2D eigenvalue weighted by atomic mass is 10.1. The van der Waals surface area contributed by atoms with Crippen LogP contribution in [-0.2, 0) is 14.4 Å². The monoisotopic (exact) mass is 261 g/mol. The van der Waals surface area contributed by atoms with Crippen LogP contribution in [0.15, 0.2) is 18.2 Å². The molecular formula is C12H11N3O4. The number of hydrogen-bond donors (Lipinski definition) is 3. The van der Waals surface area contributed by atoms with E-state index in [1.54, 1.807) is 18.2 Å². The van der Waals surface area contributed by atoms with Gasteiger partial charge in [0.15, 0.2) is 6.61 Å². The molecule has 0 spiro atoms. The molecule has 1 aromatic rings. The van der Waals surface area contributed by atoms with Crippen molar-refractivity contribution in [2.45, 2.75) is 12.5 Å². The quantitative estimate of drug-likeness (QED) is 0.645. The van der Waals surface area contributed by atoms with Crippen LogP contribution in [0.1, 0.15) is 6.42 Å². The highest BCUT2D eigenvalue weighted by Crippen LogP contribution is 2.30. The molecule has 3 N–H and O–H groups in total. The average Bonchev–Trinajstić information content (AvgIpc) is 2.34. The normalized spacial score (nSPS) is 20.3. The predicted octanol–water partition coefficient (Wildman–Crippen LogP) is -0.156. The van der Waals surface area contributed by atoms with Gasteiger partial charge >= 0.3 is 0 Å². The molecule has 3 rings (SSSR count). The van der Waals surface area contributed by atoms with Crippen molar-refractivity contribution in [3.05, 3.63) is 18.2 Å². The van der Waals surface area contributed by atoms with Crippen molar-refractivity contribution in [3.8, 4) is 5.75 Å². The first-order valence-corrected chi connectivity index (χ1v) is 5.79. The van der Waals surface area contributed by atoms with Crippen molar-refractivity contribution >= 4 is 29.1 Å². The highest BCUT2D eigenvalue weighted by atomic mass is 16.5.